The number of halogens is 3. The zero-order valence-electron chi connectivity index (χ0n) is 11.6. The lowest BCUT2D eigenvalue weighted by Crippen LogP contribution is -2.00. The molecule has 3 rings (SSSR count). The van der Waals surface area contributed by atoms with Gasteiger partial charge in [0.25, 0.3) is 0 Å². The number of aryl methyl sites for hydroxylation is 1. The van der Waals surface area contributed by atoms with Gasteiger partial charge in [0, 0.05) is 34.5 Å². The number of aromatic nitrogens is 2. The van der Waals surface area contributed by atoms with E-state index in [9.17, 15) is 18.3 Å². The van der Waals surface area contributed by atoms with E-state index < -0.39 is 24.1 Å². The molecule has 0 fully saturated rings. The summed E-state index contributed by atoms with van der Waals surface area (Å²) in [7, 11) is 0. The molecule has 2 aromatic heterocycles. The summed E-state index contributed by atoms with van der Waals surface area (Å²) in [4.78, 5) is 8.18. The van der Waals surface area contributed by atoms with Gasteiger partial charge in [-0.1, -0.05) is 0 Å². The highest BCUT2D eigenvalue weighted by atomic mass is 19.2. The van der Waals surface area contributed by atoms with Gasteiger partial charge in [-0.05, 0) is 25.1 Å². The Balaban J connectivity index is 2.33. The maximum atomic E-state index is 13.9. The predicted molar refractivity (Wildman–Crippen MR) is 75.5 cm³/mol. The summed E-state index contributed by atoms with van der Waals surface area (Å²) in [5.41, 5.74) is 1.61. The van der Waals surface area contributed by atoms with Crippen molar-refractivity contribution in [3.63, 3.8) is 0 Å². The summed E-state index contributed by atoms with van der Waals surface area (Å²) in [5, 5.41) is 9.15. The fraction of sp³-hybridized carbons (Fsp3) is 0.125. The first kappa shape index (κ1) is 14.5. The van der Waals surface area contributed by atoms with Crippen LogP contribution < -0.4 is 0 Å². The van der Waals surface area contributed by atoms with E-state index in [1.165, 1.54) is 12.3 Å². The van der Waals surface area contributed by atoms with Crippen molar-refractivity contribution in [1.29, 1.82) is 0 Å². The summed E-state index contributed by atoms with van der Waals surface area (Å²) in [6, 6.07) is 5.12. The number of nitrogens with zero attached hydrogens (tertiary/aromatic N) is 2. The standard InChI is InChI=1S/C16H11F3N2O/c1-8-2-3-9(6-20-8)15-10(7-22)4-11-14(19)12(17)5-13(18)16(11)21-15/h2-6,22H,7H2,1H3. The van der Waals surface area contributed by atoms with Crippen LogP contribution in [0, 0.1) is 24.4 Å². The van der Waals surface area contributed by atoms with Gasteiger partial charge in [-0.2, -0.15) is 0 Å². The third kappa shape index (κ3) is 2.31. The van der Waals surface area contributed by atoms with Crippen LogP contribution in [0.25, 0.3) is 22.2 Å². The smallest absolute Gasteiger partial charge is 0.168 e. The molecule has 1 aromatic carbocycles. The van der Waals surface area contributed by atoms with E-state index in [0.29, 0.717) is 11.6 Å². The van der Waals surface area contributed by atoms with Crippen molar-refractivity contribution in [3.05, 3.63) is 59.2 Å². The Morgan fingerprint density at radius 1 is 1.09 bits per heavy atom. The normalized spacial score (nSPS) is 11.1. The van der Waals surface area contributed by atoms with Crippen molar-refractivity contribution in [2.24, 2.45) is 0 Å². The number of hydrogen-bond donors (Lipinski definition) is 1. The molecule has 0 bridgehead atoms. The average Bonchev–Trinajstić information content (AvgIpc) is 2.52. The second-order valence-corrected chi connectivity index (χ2v) is 4.89. The van der Waals surface area contributed by atoms with E-state index in [1.807, 2.05) is 6.92 Å². The summed E-state index contributed by atoms with van der Waals surface area (Å²) in [6.07, 6.45) is 1.53. The van der Waals surface area contributed by atoms with E-state index in [1.54, 1.807) is 12.1 Å². The molecule has 0 aliphatic rings. The minimum absolute atomic E-state index is 0.266. The van der Waals surface area contributed by atoms with Gasteiger partial charge in [-0.3, -0.25) is 4.98 Å². The maximum absolute atomic E-state index is 13.9. The van der Waals surface area contributed by atoms with Crippen LogP contribution in [0.4, 0.5) is 13.2 Å². The first-order valence-corrected chi connectivity index (χ1v) is 6.52. The molecule has 0 spiro atoms. The minimum atomic E-state index is -1.29. The quantitative estimate of drug-likeness (QED) is 0.737. The zero-order chi connectivity index (χ0) is 15.9. The Bertz CT molecular complexity index is 864. The first-order chi connectivity index (χ1) is 10.5. The molecule has 1 N–H and O–H groups in total. The molecule has 2 heterocycles. The summed E-state index contributed by atoms with van der Waals surface area (Å²) in [6.45, 7) is 1.37. The number of aliphatic hydroxyl groups is 1. The van der Waals surface area contributed by atoms with E-state index in [2.05, 4.69) is 9.97 Å². The summed E-state index contributed by atoms with van der Waals surface area (Å²) in [5.74, 6) is -3.44. The van der Waals surface area contributed by atoms with Gasteiger partial charge in [0.05, 0.1) is 12.3 Å². The fourth-order valence-corrected chi connectivity index (χ4v) is 2.25. The fourth-order valence-electron chi connectivity index (χ4n) is 2.25. The Morgan fingerprint density at radius 3 is 2.50 bits per heavy atom. The molecule has 0 aliphatic carbocycles. The Labute approximate surface area is 124 Å². The highest BCUT2D eigenvalue weighted by Gasteiger charge is 2.17. The molecule has 0 radical (unpaired) electrons. The van der Waals surface area contributed by atoms with Crippen LogP contribution in [0.2, 0.25) is 0 Å². The molecule has 0 atom stereocenters. The van der Waals surface area contributed by atoms with Crippen LogP contribution in [-0.2, 0) is 6.61 Å². The van der Waals surface area contributed by atoms with Crippen molar-refractivity contribution in [1.82, 2.24) is 9.97 Å². The van der Waals surface area contributed by atoms with Crippen LogP contribution in [-0.4, -0.2) is 15.1 Å². The van der Waals surface area contributed by atoms with Crippen LogP contribution in [0.3, 0.4) is 0 Å². The minimum Gasteiger partial charge on any atom is -0.392 e. The Hall–Kier alpha value is -2.47. The third-order valence-corrected chi connectivity index (χ3v) is 3.38. The van der Waals surface area contributed by atoms with E-state index >= 15 is 0 Å². The van der Waals surface area contributed by atoms with E-state index in [4.69, 9.17) is 0 Å². The van der Waals surface area contributed by atoms with Crippen LogP contribution in [0.5, 0.6) is 0 Å². The molecule has 0 amide bonds. The second-order valence-electron chi connectivity index (χ2n) is 4.89. The van der Waals surface area contributed by atoms with Crippen molar-refractivity contribution in [2.45, 2.75) is 13.5 Å². The number of pyridine rings is 2. The number of aliphatic hydroxyl groups excluding tert-OH is 1. The molecular formula is C16H11F3N2O. The van der Waals surface area contributed by atoms with Gasteiger partial charge in [-0.15, -0.1) is 0 Å². The highest BCUT2D eigenvalue weighted by molar-refractivity contribution is 5.84. The van der Waals surface area contributed by atoms with E-state index in [-0.39, 0.29) is 22.2 Å². The molecule has 0 saturated heterocycles. The van der Waals surface area contributed by atoms with Crippen LogP contribution >= 0.6 is 0 Å². The Kier molecular flexibility index (Phi) is 3.54. The molecule has 112 valence electrons. The molecule has 6 heteroatoms. The number of rotatable bonds is 2. The molecule has 0 saturated carbocycles. The molecule has 3 aromatic rings. The second kappa shape index (κ2) is 5.38. The molecule has 0 unspecified atom stereocenters. The van der Waals surface area contributed by atoms with Crippen molar-refractivity contribution >= 4 is 10.9 Å². The van der Waals surface area contributed by atoms with Gasteiger partial charge in [-0.25, -0.2) is 18.2 Å². The average molecular weight is 304 g/mol. The van der Waals surface area contributed by atoms with Crippen molar-refractivity contribution < 1.29 is 18.3 Å². The number of hydrogen-bond acceptors (Lipinski definition) is 3. The first-order valence-electron chi connectivity index (χ1n) is 6.52. The summed E-state index contributed by atoms with van der Waals surface area (Å²) < 4.78 is 41.0. The summed E-state index contributed by atoms with van der Waals surface area (Å²) >= 11 is 0. The molecular weight excluding hydrogens is 293 g/mol. The molecule has 0 aliphatic heterocycles. The lowest BCUT2D eigenvalue weighted by molar-refractivity contribution is 0.282. The van der Waals surface area contributed by atoms with Crippen molar-refractivity contribution in [2.75, 3.05) is 0 Å². The number of benzene rings is 1. The van der Waals surface area contributed by atoms with Crippen LogP contribution in [0.15, 0.2) is 30.5 Å². The SMILES string of the molecule is Cc1ccc(-c2nc3c(F)cc(F)c(F)c3cc2CO)cn1. The molecule has 22 heavy (non-hydrogen) atoms. The topological polar surface area (TPSA) is 46.0 Å². The van der Waals surface area contributed by atoms with Gasteiger partial charge in [0.1, 0.15) is 5.52 Å². The highest BCUT2D eigenvalue weighted by Crippen LogP contribution is 2.29. The maximum Gasteiger partial charge on any atom is 0.168 e. The monoisotopic (exact) mass is 304 g/mol. The van der Waals surface area contributed by atoms with Gasteiger partial charge in [0.15, 0.2) is 17.5 Å². The van der Waals surface area contributed by atoms with Crippen LogP contribution in [0.1, 0.15) is 11.3 Å². The Morgan fingerprint density at radius 2 is 1.86 bits per heavy atom. The lowest BCUT2D eigenvalue weighted by Gasteiger charge is -2.10. The van der Waals surface area contributed by atoms with Gasteiger partial charge < -0.3 is 5.11 Å². The van der Waals surface area contributed by atoms with E-state index in [0.717, 1.165) is 5.69 Å². The van der Waals surface area contributed by atoms with Gasteiger partial charge >= 0.3 is 0 Å². The predicted octanol–water partition coefficient (Wildman–Crippen LogP) is 3.51. The van der Waals surface area contributed by atoms with Crippen molar-refractivity contribution in [3.8, 4) is 11.3 Å². The third-order valence-electron chi connectivity index (χ3n) is 3.38. The lowest BCUT2D eigenvalue weighted by atomic mass is 10.0. The number of fused-ring (bicyclic) bond motifs is 1. The molecule has 3 nitrogen and oxygen atoms in total. The largest absolute Gasteiger partial charge is 0.392 e. The van der Waals surface area contributed by atoms with Gasteiger partial charge in [0.2, 0.25) is 0 Å². The zero-order valence-corrected chi connectivity index (χ0v) is 11.6.